The zero-order chi connectivity index (χ0) is 13.2. The maximum atomic E-state index is 7.57. The Kier molecular flexibility index (Phi) is 7.14. The van der Waals surface area contributed by atoms with Gasteiger partial charge in [0.25, 0.3) is 0 Å². The lowest BCUT2D eigenvalue weighted by molar-refractivity contribution is 0.318. The molecule has 1 atom stereocenters. The zero-order valence-electron chi connectivity index (χ0n) is 10.5. The van der Waals surface area contributed by atoms with Crippen LogP contribution < -0.4 is 0 Å². The van der Waals surface area contributed by atoms with Gasteiger partial charge in [0.1, 0.15) is 5.50 Å². The summed E-state index contributed by atoms with van der Waals surface area (Å²) in [5.74, 6) is 0. The molecule has 0 amide bonds. The van der Waals surface area contributed by atoms with Crippen molar-refractivity contribution >= 4 is 11.6 Å². The molecule has 2 rings (SSSR count). The number of hydrogen-bond donors (Lipinski definition) is 1. The standard InChI is InChI=1S/C12H13ClN2.C2H6O/c13-12(15-9-8-14-10-15)7-6-11-4-2-1-3-5-11;1-2-3/h1-5,8-10,12H,6-7H2;3H,2H2,1H3. The van der Waals surface area contributed by atoms with Crippen molar-refractivity contribution in [2.45, 2.75) is 25.3 Å². The summed E-state index contributed by atoms with van der Waals surface area (Å²) >= 11 is 6.22. The van der Waals surface area contributed by atoms with Crippen LogP contribution in [0.3, 0.4) is 0 Å². The fourth-order valence-electron chi connectivity index (χ4n) is 1.51. The van der Waals surface area contributed by atoms with E-state index in [1.54, 1.807) is 19.4 Å². The summed E-state index contributed by atoms with van der Waals surface area (Å²) in [6.07, 6.45) is 7.30. The number of halogens is 1. The molecule has 0 saturated heterocycles. The molecule has 18 heavy (non-hydrogen) atoms. The van der Waals surface area contributed by atoms with Gasteiger partial charge in [0.05, 0.1) is 6.33 Å². The minimum atomic E-state index is -0.00675. The molecule has 0 aliphatic heterocycles. The molecule has 0 bridgehead atoms. The maximum Gasteiger partial charge on any atom is 0.109 e. The molecule has 1 heterocycles. The second-order valence-corrected chi connectivity index (χ2v) is 4.29. The van der Waals surface area contributed by atoms with E-state index in [9.17, 15) is 0 Å². The molecule has 1 aromatic heterocycles. The monoisotopic (exact) mass is 266 g/mol. The second-order valence-electron chi connectivity index (χ2n) is 3.78. The van der Waals surface area contributed by atoms with Gasteiger partial charge in [-0.2, -0.15) is 0 Å². The third kappa shape index (κ3) is 5.34. The normalized spacial score (nSPS) is 11.5. The number of hydrogen-bond acceptors (Lipinski definition) is 2. The summed E-state index contributed by atoms with van der Waals surface area (Å²) < 4.78 is 1.92. The van der Waals surface area contributed by atoms with Crippen LogP contribution >= 0.6 is 11.6 Å². The van der Waals surface area contributed by atoms with Crippen molar-refractivity contribution < 1.29 is 5.11 Å². The summed E-state index contributed by atoms with van der Waals surface area (Å²) in [6, 6.07) is 10.4. The molecular formula is C14H19ClN2O. The first-order valence-electron chi connectivity index (χ1n) is 6.04. The Balaban J connectivity index is 0.000000492. The van der Waals surface area contributed by atoms with E-state index in [1.165, 1.54) is 5.56 Å². The summed E-state index contributed by atoms with van der Waals surface area (Å²) in [6.45, 7) is 1.93. The minimum absolute atomic E-state index is 0.00675. The third-order valence-electron chi connectivity index (χ3n) is 2.36. The molecular weight excluding hydrogens is 248 g/mol. The van der Waals surface area contributed by atoms with Gasteiger partial charge in [-0.3, -0.25) is 0 Å². The second kappa shape index (κ2) is 8.72. The SMILES string of the molecule is CCO.ClC(CCc1ccccc1)n1ccnc1. The van der Waals surface area contributed by atoms with E-state index < -0.39 is 0 Å². The van der Waals surface area contributed by atoms with Gasteiger partial charge < -0.3 is 9.67 Å². The highest BCUT2D eigenvalue weighted by Gasteiger charge is 2.05. The molecule has 0 radical (unpaired) electrons. The highest BCUT2D eigenvalue weighted by Crippen LogP contribution is 2.18. The predicted octanol–water partition coefficient (Wildman–Crippen LogP) is 3.25. The molecule has 0 fully saturated rings. The fraction of sp³-hybridized carbons (Fsp3) is 0.357. The lowest BCUT2D eigenvalue weighted by atomic mass is 10.1. The average molecular weight is 267 g/mol. The topological polar surface area (TPSA) is 38.0 Å². The van der Waals surface area contributed by atoms with Crippen LogP contribution in [0.2, 0.25) is 0 Å². The van der Waals surface area contributed by atoms with Gasteiger partial charge in [0.15, 0.2) is 0 Å². The molecule has 0 spiro atoms. The number of aliphatic hydroxyl groups excluding tert-OH is 1. The van der Waals surface area contributed by atoms with E-state index in [0.717, 1.165) is 12.8 Å². The smallest absolute Gasteiger partial charge is 0.109 e. The van der Waals surface area contributed by atoms with Gasteiger partial charge in [-0.05, 0) is 25.3 Å². The average Bonchev–Trinajstić information content (AvgIpc) is 2.92. The predicted molar refractivity (Wildman–Crippen MR) is 74.6 cm³/mol. The Bertz CT molecular complexity index is 403. The summed E-state index contributed by atoms with van der Waals surface area (Å²) in [5, 5.41) is 7.57. The molecule has 4 heteroatoms. The molecule has 0 saturated carbocycles. The van der Waals surface area contributed by atoms with E-state index in [0.29, 0.717) is 0 Å². The maximum absolute atomic E-state index is 7.57. The van der Waals surface area contributed by atoms with Crippen LogP contribution in [0.15, 0.2) is 49.1 Å². The van der Waals surface area contributed by atoms with Crippen molar-refractivity contribution in [1.82, 2.24) is 9.55 Å². The number of aryl methyl sites for hydroxylation is 1. The number of nitrogens with zero attached hydrogens (tertiary/aromatic N) is 2. The third-order valence-corrected chi connectivity index (χ3v) is 2.81. The molecule has 98 valence electrons. The van der Waals surface area contributed by atoms with Crippen molar-refractivity contribution in [3.63, 3.8) is 0 Å². The number of benzene rings is 1. The fourth-order valence-corrected chi connectivity index (χ4v) is 1.74. The van der Waals surface area contributed by atoms with Crippen LogP contribution in [0.1, 0.15) is 24.4 Å². The lowest BCUT2D eigenvalue weighted by Gasteiger charge is -2.10. The Hall–Kier alpha value is -1.32. The first kappa shape index (κ1) is 14.7. The van der Waals surface area contributed by atoms with Crippen molar-refractivity contribution in [2.24, 2.45) is 0 Å². The van der Waals surface area contributed by atoms with Crippen LogP contribution in [0, 0.1) is 0 Å². The largest absolute Gasteiger partial charge is 0.397 e. The van der Waals surface area contributed by atoms with Crippen LogP contribution in [0.25, 0.3) is 0 Å². The molecule has 1 N–H and O–H groups in total. The molecule has 1 unspecified atom stereocenters. The number of rotatable bonds is 4. The van der Waals surface area contributed by atoms with Gasteiger partial charge in [-0.15, -0.1) is 0 Å². The molecule has 3 nitrogen and oxygen atoms in total. The van der Waals surface area contributed by atoms with Crippen molar-refractivity contribution in [2.75, 3.05) is 6.61 Å². The van der Waals surface area contributed by atoms with Crippen molar-refractivity contribution in [1.29, 1.82) is 0 Å². The van der Waals surface area contributed by atoms with E-state index in [4.69, 9.17) is 16.7 Å². The lowest BCUT2D eigenvalue weighted by Crippen LogP contribution is -2.01. The van der Waals surface area contributed by atoms with Crippen LogP contribution in [-0.2, 0) is 6.42 Å². The first-order chi connectivity index (χ1) is 8.77. The highest BCUT2D eigenvalue weighted by atomic mass is 35.5. The minimum Gasteiger partial charge on any atom is -0.397 e. The van der Waals surface area contributed by atoms with E-state index >= 15 is 0 Å². The van der Waals surface area contributed by atoms with Gasteiger partial charge in [-0.25, -0.2) is 4.98 Å². The quantitative estimate of drug-likeness (QED) is 0.863. The van der Waals surface area contributed by atoms with E-state index in [1.807, 2.05) is 16.8 Å². The Morgan fingerprint density at radius 3 is 2.56 bits per heavy atom. The van der Waals surface area contributed by atoms with E-state index in [-0.39, 0.29) is 12.1 Å². The van der Waals surface area contributed by atoms with Crippen LogP contribution in [0.5, 0.6) is 0 Å². The van der Waals surface area contributed by atoms with Crippen LogP contribution in [-0.4, -0.2) is 21.3 Å². The van der Waals surface area contributed by atoms with Gasteiger partial charge in [0, 0.05) is 19.0 Å². The zero-order valence-corrected chi connectivity index (χ0v) is 11.3. The molecule has 0 aliphatic carbocycles. The van der Waals surface area contributed by atoms with Crippen LogP contribution in [0.4, 0.5) is 0 Å². The van der Waals surface area contributed by atoms with E-state index in [2.05, 4.69) is 29.2 Å². The molecule has 2 aromatic rings. The van der Waals surface area contributed by atoms with Gasteiger partial charge in [-0.1, -0.05) is 41.9 Å². The van der Waals surface area contributed by atoms with Crippen molar-refractivity contribution in [3.05, 3.63) is 54.6 Å². The number of aliphatic hydroxyl groups is 1. The Morgan fingerprint density at radius 1 is 1.33 bits per heavy atom. The Morgan fingerprint density at radius 2 is 2.00 bits per heavy atom. The summed E-state index contributed by atoms with van der Waals surface area (Å²) in [7, 11) is 0. The van der Waals surface area contributed by atoms with Gasteiger partial charge >= 0.3 is 0 Å². The van der Waals surface area contributed by atoms with Gasteiger partial charge in [0.2, 0.25) is 0 Å². The number of aromatic nitrogens is 2. The summed E-state index contributed by atoms with van der Waals surface area (Å²) in [5.41, 5.74) is 1.32. The number of alkyl halides is 1. The summed E-state index contributed by atoms with van der Waals surface area (Å²) in [4.78, 5) is 3.98. The first-order valence-corrected chi connectivity index (χ1v) is 6.47. The Labute approximate surface area is 113 Å². The highest BCUT2D eigenvalue weighted by molar-refractivity contribution is 6.19. The van der Waals surface area contributed by atoms with Crippen molar-refractivity contribution in [3.8, 4) is 0 Å². The number of imidazole rings is 1. The molecule has 1 aromatic carbocycles. The molecule has 0 aliphatic rings.